The van der Waals surface area contributed by atoms with E-state index in [-0.39, 0.29) is 0 Å². The lowest BCUT2D eigenvalue weighted by Crippen LogP contribution is -2.51. The van der Waals surface area contributed by atoms with Crippen LogP contribution in [0.2, 0.25) is 0 Å². The maximum Gasteiger partial charge on any atom is 0.412 e. The second-order valence-electron chi connectivity index (χ2n) is 7.56. The summed E-state index contributed by atoms with van der Waals surface area (Å²) in [7, 11) is 1.32. The molecular formula is C16H29NO5. The molecule has 22 heavy (non-hydrogen) atoms. The van der Waals surface area contributed by atoms with Gasteiger partial charge in [0.15, 0.2) is 6.10 Å². The average molecular weight is 315 g/mol. The summed E-state index contributed by atoms with van der Waals surface area (Å²) < 4.78 is 16.1. The SMILES string of the molecule is COC(=O)[C@@H]1OC(C)(C)N(C(=O)OC(C)(C)C)[C@H]1CC(C)C. The van der Waals surface area contributed by atoms with Gasteiger partial charge in [0.25, 0.3) is 0 Å². The summed E-state index contributed by atoms with van der Waals surface area (Å²) in [5.41, 5.74) is -1.54. The molecule has 128 valence electrons. The topological polar surface area (TPSA) is 65.1 Å². The molecule has 1 aliphatic heterocycles. The van der Waals surface area contributed by atoms with E-state index in [0.717, 1.165) is 0 Å². The zero-order valence-electron chi connectivity index (χ0n) is 14.9. The van der Waals surface area contributed by atoms with Gasteiger partial charge in [-0.2, -0.15) is 0 Å². The highest BCUT2D eigenvalue weighted by Crippen LogP contribution is 2.37. The van der Waals surface area contributed by atoms with Gasteiger partial charge in [0, 0.05) is 0 Å². The van der Waals surface area contributed by atoms with Crippen LogP contribution < -0.4 is 0 Å². The number of amides is 1. The van der Waals surface area contributed by atoms with Crippen molar-refractivity contribution in [2.24, 2.45) is 5.92 Å². The van der Waals surface area contributed by atoms with E-state index in [9.17, 15) is 9.59 Å². The lowest BCUT2D eigenvalue weighted by atomic mass is 9.98. The molecule has 1 amide bonds. The lowest BCUT2D eigenvalue weighted by Gasteiger charge is -2.35. The summed E-state index contributed by atoms with van der Waals surface area (Å²) in [6, 6.07) is -0.405. The highest BCUT2D eigenvalue weighted by atomic mass is 16.6. The van der Waals surface area contributed by atoms with Crippen LogP contribution in [0, 0.1) is 5.92 Å². The molecule has 1 heterocycles. The monoisotopic (exact) mass is 315 g/mol. The maximum absolute atomic E-state index is 12.6. The molecule has 0 radical (unpaired) electrons. The number of hydrogen-bond donors (Lipinski definition) is 0. The molecule has 6 nitrogen and oxygen atoms in total. The minimum atomic E-state index is -0.930. The summed E-state index contributed by atoms with van der Waals surface area (Å²) in [6.07, 6.45) is -0.646. The number of carbonyl (C=O) groups is 2. The highest BCUT2D eigenvalue weighted by Gasteiger charge is 2.54. The average Bonchev–Trinajstić information content (AvgIpc) is 2.56. The van der Waals surface area contributed by atoms with Gasteiger partial charge in [0.1, 0.15) is 11.3 Å². The van der Waals surface area contributed by atoms with Crippen molar-refractivity contribution < 1.29 is 23.8 Å². The summed E-state index contributed by atoms with van der Waals surface area (Å²) in [5, 5.41) is 0. The molecule has 0 aromatic heterocycles. The second-order valence-corrected chi connectivity index (χ2v) is 7.56. The number of esters is 1. The van der Waals surface area contributed by atoms with Gasteiger partial charge < -0.3 is 14.2 Å². The Bertz CT molecular complexity index is 425. The predicted molar refractivity (Wildman–Crippen MR) is 82.3 cm³/mol. The van der Waals surface area contributed by atoms with Crippen molar-refractivity contribution in [2.75, 3.05) is 7.11 Å². The Hall–Kier alpha value is -1.30. The van der Waals surface area contributed by atoms with Crippen molar-refractivity contribution in [1.29, 1.82) is 0 Å². The molecule has 1 rings (SSSR count). The number of carbonyl (C=O) groups excluding carboxylic acids is 2. The molecule has 0 aromatic carbocycles. The molecule has 1 saturated heterocycles. The van der Waals surface area contributed by atoms with E-state index >= 15 is 0 Å². The van der Waals surface area contributed by atoms with Crippen LogP contribution in [0.4, 0.5) is 4.79 Å². The quantitative estimate of drug-likeness (QED) is 0.749. The van der Waals surface area contributed by atoms with Gasteiger partial charge in [-0.1, -0.05) is 13.8 Å². The third-order valence-corrected chi connectivity index (χ3v) is 3.41. The fourth-order valence-electron chi connectivity index (χ4n) is 2.68. The summed E-state index contributed by atoms with van der Waals surface area (Å²) >= 11 is 0. The smallest absolute Gasteiger partial charge is 0.412 e. The van der Waals surface area contributed by atoms with Gasteiger partial charge in [-0.15, -0.1) is 0 Å². The van der Waals surface area contributed by atoms with E-state index in [1.54, 1.807) is 13.8 Å². The van der Waals surface area contributed by atoms with Gasteiger partial charge in [-0.25, -0.2) is 9.59 Å². The first-order valence-corrected chi connectivity index (χ1v) is 7.67. The van der Waals surface area contributed by atoms with Crippen molar-refractivity contribution in [3.63, 3.8) is 0 Å². The fourth-order valence-corrected chi connectivity index (χ4v) is 2.68. The van der Waals surface area contributed by atoms with Crippen LogP contribution in [0.5, 0.6) is 0 Å². The zero-order chi connectivity index (χ0) is 17.3. The van der Waals surface area contributed by atoms with E-state index in [4.69, 9.17) is 14.2 Å². The van der Waals surface area contributed by atoms with E-state index in [1.165, 1.54) is 12.0 Å². The molecule has 0 bridgehead atoms. The molecule has 2 atom stereocenters. The second kappa shape index (κ2) is 6.44. The van der Waals surface area contributed by atoms with Crippen LogP contribution in [0.25, 0.3) is 0 Å². The minimum absolute atomic E-state index is 0.291. The Morgan fingerprint density at radius 1 is 1.27 bits per heavy atom. The Kier molecular flexibility index (Phi) is 5.49. The zero-order valence-corrected chi connectivity index (χ0v) is 14.9. The third-order valence-electron chi connectivity index (χ3n) is 3.41. The van der Waals surface area contributed by atoms with Crippen molar-refractivity contribution in [1.82, 2.24) is 4.90 Å². The van der Waals surface area contributed by atoms with E-state index in [0.29, 0.717) is 12.3 Å². The van der Waals surface area contributed by atoms with Gasteiger partial charge in [0.2, 0.25) is 0 Å². The van der Waals surface area contributed by atoms with E-state index < -0.39 is 35.5 Å². The number of rotatable bonds is 3. The number of nitrogens with zero attached hydrogens (tertiary/aromatic N) is 1. The van der Waals surface area contributed by atoms with Crippen LogP contribution in [-0.4, -0.2) is 47.5 Å². The van der Waals surface area contributed by atoms with Gasteiger partial charge in [-0.05, 0) is 47.0 Å². The first kappa shape index (κ1) is 18.7. The van der Waals surface area contributed by atoms with E-state index in [2.05, 4.69) is 0 Å². The Morgan fingerprint density at radius 3 is 2.23 bits per heavy atom. The molecule has 6 heteroatoms. The molecule has 0 unspecified atom stereocenters. The molecular weight excluding hydrogens is 286 g/mol. The fraction of sp³-hybridized carbons (Fsp3) is 0.875. The predicted octanol–water partition coefficient (Wildman–Crippen LogP) is 2.95. The normalized spacial score (nSPS) is 24.5. The van der Waals surface area contributed by atoms with Crippen LogP contribution in [0.15, 0.2) is 0 Å². The Morgan fingerprint density at radius 2 is 1.82 bits per heavy atom. The highest BCUT2D eigenvalue weighted by molar-refractivity contribution is 5.78. The van der Waals surface area contributed by atoms with Crippen molar-refractivity contribution in [3.05, 3.63) is 0 Å². The molecule has 1 aliphatic rings. The molecule has 0 aromatic rings. The summed E-state index contributed by atoms with van der Waals surface area (Å²) in [6.45, 7) is 13.0. The van der Waals surface area contributed by atoms with Crippen LogP contribution in [0.1, 0.15) is 54.9 Å². The molecule has 0 aliphatic carbocycles. The molecule has 0 spiro atoms. The van der Waals surface area contributed by atoms with Gasteiger partial charge >= 0.3 is 12.1 Å². The summed E-state index contributed by atoms with van der Waals surface area (Å²) in [4.78, 5) is 26.1. The van der Waals surface area contributed by atoms with E-state index in [1.807, 2.05) is 34.6 Å². The van der Waals surface area contributed by atoms with Crippen LogP contribution in [-0.2, 0) is 19.0 Å². The lowest BCUT2D eigenvalue weighted by molar-refractivity contribution is -0.158. The Labute approximate surface area is 133 Å². The van der Waals surface area contributed by atoms with Crippen molar-refractivity contribution in [3.8, 4) is 0 Å². The Balaban J connectivity index is 3.12. The van der Waals surface area contributed by atoms with Crippen molar-refractivity contribution >= 4 is 12.1 Å². The van der Waals surface area contributed by atoms with Crippen molar-refractivity contribution in [2.45, 2.75) is 78.4 Å². The number of ether oxygens (including phenoxy) is 3. The largest absolute Gasteiger partial charge is 0.467 e. The first-order valence-electron chi connectivity index (χ1n) is 7.67. The molecule has 0 N–H and O–H groups in total. The number of methoxy groups -OCH3 is 1. The standard InChI is InChI=1S/C16H29NO5/c1-10(2)9-11-12(13(18)20-8)21-16(6,7)17(11)14(19)22-15(3,4)5/h10-12H,9H2,1-8H3/t11-,12+/m0/s1. The van der Waals surface area contributed by atoms with Gasteiger partial charge in [-0.3, -0.25) is 4.90 Å². The summed E-state index contributed by atoms with van der Waals surface area (Å²) in [5.74, 6) is -0.177. The van der Waals surface area contributed by atoms with Crippen LogP contribution in [0.3, 0.4) is 0 Å². The molecule has 1 fully saturated rings. The number of hydrogen-bond acceptors (Lipinski definition) is 5. The first-order chi connectivity index (χ1) is 9.89. The van der Waals surface area contributed by atoms with Gasteiger partial charge in [0.05, 0.1) is 13.2 Å². The minimum Gasteiger partial charge on any atom is -0.467 e. The third kappa shape index (κ3) is 4.35. The van der Waals surface area contributed by atoms with Crippen LogP contribution >= 0.6 is 0 Å². The molecule has 0 saturated carbocycles. The maximum atomic E-state index is 12.6.